The summed E-state index contributed by atoms with van der Waals surface area (Å²) >= 11 is 0. The van der Waals surface area contributed by atoms with Crippen LogP contribution < -0.4 is 10.6 Å². The second-order valence-corrected chi connectivity index (χ2v) is 5.02. The molecule has 0 bridgehead atoms. The van der Waals surface area contributed by atoms with Crippen molar-refractivity contribution in [2.45, 2.75) is 31.7 Å². The third-order valence-corrected chi connectivity index (χ3v) is 3.40. The van der Waals surface area contributed by atoms with Crippen molar-refractivity contribution in [3.63, 3.8) is 0 Å². The zero-order chi connectivity index (χ0) is 14.2. The zero-order valence-electron chi connectivity index (χ0n) is 11.9. The molecular weight excluding hydrogens is 253 g/mol. The van der Waals surface area contributed by atoms with E-state index in [-0.39, 0.29) is 5.82 Å². The van der Waals surface area contributed by atoms with Crippen molar-refractivity contribution in [3.05, 3.63) is 47.8 Å². The first-order chi connectivity index (χ1) is 9.78. The van der Waals surface area contributed by atoms with Crippen LogP contribution in [0.3, 0.4) is 0 Å². The first-order valence-corrected chi connectivity index (χ1v) is 7.14. The molecule has 4 heteroatoms. The van der Waals surface area contributed by atoms with E-state index in [1.54, 1.807) is 19.2 Å². The Balaban J connectivity index is 1.66. The number of halogens is 1. The average Bonchev–Trinajstić information content (AvgIpc) is 2.95. The lowest BCUT2D eigenvalue weighted by molar-refractivity contribution is 0.621. The fourth-order valence-electron chi connectivity index (χ4n) is 2.31. The van der Waals surface area contributed by atoms with Crippen molar-refractivity contribution in [1.82, 2.24) is 10.6 Å². The molecule has 0 amide bonds. The maximum Gasteiger partial charge on any atom is 0.191 e. The Labute approximate surface area is 120 Å². The molecule has 0 unspecified atom stereocenters. The fraction of sp³-hybridized carbons (Fsp3) is 0.438. The van der Waals surface area contributed by atoms with Crippen LogP contribution >= 0.6 is 0 Å². The summed E-state index contributed by atoms with van der Waals surface area (Å²) in [5, 5.41) is 6.69. The standard InChI is InChI=1S/C16H22FN3/c1-18-16(20-15-9-2-3-10-15)19-11-5-7-13-6-4-8-14(17)12-13/h2-4,6,8,12,15H,5,7,9-11H2,1H3,(H2,18,19,20). The highest BCUT2D eigenvalue weighted by atomic mass is 19.1. The van der Waals surface area contributed by atoms with Gasteiger partial charge in [-0.25, -0.2) is 4.39 Å². The number of aliphatic imine (C=N–C) groups is 1. The highest BCUT2D eigenvalue weighted by Crippen LogP contribution is 2.08. The van der Waals surface area contributed by atoms with Gasteiger partial charge in [0.2, 0.25) is 0 Å². The molecule has 0 atom stereocenters. The summed E-state index contributed by atoms with van der Waals surface area (Å²) in [6.07, 6.45) is 8.32. The number of nitrogens with zero attached hydrogens (tertiary/aromatic N) is 1. The molecule has 2 rings (SSSR count). The molecule has 108 valence electrons. The van der Waals surface area contributed by atoms with Crippen LogP contribution in [0.2, 0.25) is 0 Å². The van der Waals surface area contributed by atoms with Gasteiger partial charge in [-0.2, -0.15) is 0 Å². The first-order valence-electron chi connectivity index (χ1n) is 7.14. The summed E-state index contributed by atoms with van der Waals surface area (Å²) in [4.78, 5) is 4.22. The van der Waals surface area contributed by atoms with Crippen LogP contribution in [0.5, 0.6) is 0 Å². The minimum atomic E-state index is -0.165. The van der Waals surface area contributed by atoms with Crippen LogP contribution in [0.15, 0.2) is 41.4 Å². The van der Waals surface area contributed by atoms with Crippen molar-refractivity contribution in [3.8, 4) is 0 Å². The van der Waals surface area contributed by atoms with E-state index in [0.717, 1.165) is 43.8 Å². The van der Waals surface area contributed by atoms with E-state index in [4.69, 9.17) is 0 Å². The fourth-order valence-corrected chi connectivity index (χ4v) is 2.31. The van der Waals surface area contributed by atoms with Gasteiger partial charge in [0.15, 0.2) is 5.96 Å². The molecule has 0 spiro atoms. The highest BCUT2D eigenvalue weighted by molar-refractivity contribution is 5.80. The van der Waals surface area contributed by atoms with Crippen LogP contribution in [0.25, 0.3) is 0 Å². The summed E-state index contributed by atoms with van der Waals surface area (Å²) in [5.74, 6) is 0.680. The van der Waals surface area contributed by atoms with E-state index >= 15 is 0 Å². The van der Waals surface area contributed by atoms with Crippen LogP contribution in [0, 0.1) is 5.82 Å². The quantitative estimate of drug-likeness (QED) is 0.375. The van der Waals surface area contributed by atoms with Gasteiger partial charge in [-0.15, -0.1) is 0 Å². The predicted molar refractivity (Wildman–Crippen MR) is 81.4 cm³/mol. The molecule has 0 radical (unpaired) electrons. The number of hydrogen-bond acceptors (Lipinski definition) is 1. The summed E-state index contributed by atoms with van der Waals surface area (Å²) in [7, 11) is 1.78. The van der Waals surface area contributed by atoms with Crippen LogP contribution in [-0.4, -0.2) is 25.6 Å². The first kappa shape index (κ1) is 14.6. The van der Waals surface area contributed by atoms with E-state index in [9.17, 15) is 4.39 Å². The maximum atomic E-state index is 13.0. The lowest BCUT2D eigenvalue weighted by Crippen LogP contribution is -2.42. The number of nitrogens with one attached hydrogen (secondary N) is 2. The maximum absolute atomic E-state index is 13.0. The summed E-state index contributed by atoms with van der Waals surface area (Å²) in [6, 6.07) is 7.25. The van der Waals surface area contributed by atoms with Gasteiger partial charge in [0.1, 0.15) is 5.82 Å². The van der Waals surface area contributed by atoms with Gasteiger partial charge >= 0.3 is 0 Å². The Morgan fingerprint density at radius 2 is 2.15 bits per heavy atom. The van der Waals surface area contributed by atoms with E-state index in [1.807, 2.05) is 6.07 Å². The summed E-state index contributed by atoms with van der Waals surface area (Å²) in [6.45, 7) is 0.830. The number of rotatable bonds is 5. The van der Waals surface area contributed by atoms with E-state index in [1.165, 1.54) is 6.07 Å². The van der Waals surface area contributed by atoms with Gasteiger partial charge in [0.05, 0.1) is 0 Å². The van der Waals surface area contributed by atoms with Crippen LogP contribution in [0.4, 0.5) is 4.39 Å². The van der Waals surface area contributed by atoms with Gasteiger partial charge in [-0.1, -0.05) is 24.3 Å². The zero-order valence-corrected chi connectivity index (χ0v) is 11.9. The van der Waals surface area contributed by atoms with E-state index in [0.29, 0.717) is 6.04 Å². The Hall–Kier alpha value is -1.84. The lowest BCUT2D eigenvalue weighted by Gasteiger charge is -2.16. The number of hydrogen-bond donors (Lipinski definition) is 2. The van der Waals surface area contributed by atoms with E-state index in [2.05, 4.69) is 27.8 Å². The molecule has 1 aromatic rings. The van der Waals surface area contributed by atoms with Gasteiger partial charge in [-0.3, -0.25) is 4.99 Å². The van der Waals surface area contributed by atoms with Crippen molar-refractivity contribution in [2.24, 2.45) is 4.99 Å². The molecule has 1 aliphatic rings. The van der Waals surface area contributed by atoms with Crippen molar-refractivity contribution >= 4 is 5.96 Å². The summed E-state index contributed by atoms with van der Waals surface area (Å²) < 4.78 is 13.0. The third-order valence-electron chi connectivity index (χ3n) is 3.40. The number of guanidine groups is 1. The van der Waals surface area contributed by atoms with Crippen LogP contribution in [-0.2, 0) is 6.42 Å². The van der Waals surface area contributed by atoms with Gasteiger partial charge < -0.3 is 10.6 Å². The Morgan fingerprint density at radius 3 is 2.85 bits per heavy atom. The second-order valence-electron chi connectivity index (χ2n) is 5.02. The Bertz CT molecular complexity index is 474. The largest absolute Gasteiger partial charge is 0.356 e. The Morgan fingerprint density at radius 1 is 1.35 bits per heavy atom. The SMILES string of the molecule is CN=C(NCCCc1cccc(F)c1)NC1CC=CC1. The molecule has 20 heavy (non-hydrogen) atoms. The molecule has 0 saturated heterocycles. The minimum absolute atomic E-state index is 0.165. The highest BCUT2D eigenvalue weighted by Gasteiger charge is 2.10. The summed E-state index contributed by atoms with van der Waals surface area (Å²) in [5.41, 5.74) is 1.04. The second kappa shape index (κ2) is 7.68. The molecule has 0 aliphatic heterocycles. The molecule has 2 N–H and O–H groups in total. The molecular formula is C16H22FN3. The molecule has 3 nitrogen and oxygen atoms in total. The predicted octanol–water partition coefficient (Wildman–Crippen LogP) is 2.64. The smallest absolute Gasteiger partial charge is 0.191 e. The topological polar surface area (TPSA) is 36.4 Å². The molecule has 1 aromatic carbocycles. The number of benzene rings is 1. The Kier molecular flexibility index (Phi) is 5.59. The van der Waals surface area contributed by atoms with Crippen LogP contribution in [0.1, 0.15) is 24.8 Å². The third kappa shape index (κ3) is 4.68. The van der Waals surface area contributed by atoms with Crippen molar-refractivity contribution in [1.29, 1.82) is 0 Å². The monoisotopic (exact) mass is 275 g/mol. The normalized spacial score (nSPS) is 15.6. The van der Waals surface area contributed by atoms with E-state index < -0.39 is 0 Å². The minimum Gasteiger partial charge on any atom is -0.356 e. The molecule has 1 aliphatic carbocycles. The average molecular weight is 275 g/mol. The van der Waals surface area contributed by atoms with Gasteiger partial charge in [-0.05, 0) is 43.4 Å². The van der Waals surface area contributed by atoms with Crippen molar-refractivity contribution in [2.75, 3.05) is 13.6 Å². The molecule has 0 heterocycles. The molecule has 0 fully saturated rings. The van der Waals surface area contributed by atoms with Gasteiger partial charge in [0, 0.05) is 19.6 Å². The van der Waals surface area contributed by atoms with Gasteiger partial charge in [0.25, 0.3) is 0 Å². The van der Waals surface area contributed by atoms with Crippen molar-refractivity contribution < 1.29 is 4.39 Å². The molecule has 0 aromatic heterocycles. The molecule has 0 saturated carbocycles. The number of aryl methyl sites for hydroxylation is 1. The lowest BCUT2D eigenvalue weighted by atomic mass is 10.1.